The molecule has 7 nitrogen and oxygen atoms in total. The zero-order chi connectivity index (χ0) is 16.6. The summed E-state index contributed by atoms with van der Waals surface area (Å²) in [7, 11) is 0. The van der Waals surface area contributed by atoms with Gasteiger partial charge >= 0.3 is 0 Å². The van der Waals surface area contributed by atoms with Crippen LogP contribution in [0.2, 0.25) is 0 Å². The Kier molecular flexibility index (Phi) is 3.53. The van der Waals surface area contributed by atoms with E-state index in [2.05, 4.69) is 39.1 Å². The third-order valence-electron chi connectivity index (χ3n) is 4.70. The van der Waals surface area contributed by atoms with E-state index in [-0.39, 0.29) is 6.10 Å². The normalized spacial score (nSPS) is 17.4. The van der Waals surface area contributed by atoms with E-state index in [1.165, 1.54) is 5.56 Å². The Bertz CT molecular complexity index is 917. The van der Waals surface area contributed by atoms with Gasteiger partial charge in [0.2, 0.25) is 5.88 Å². The van der Waals surface area contributed by atoms with Crippen molar-refractivity contribution in [3.8, 4) is 17.1 Å². The number of fused-ring (bicyclic) bond motifs is 2. The fourth-order valence-electron chi connectivity index (χ4n) is 3.32. The number of ether oxygens (including phenoxy) is 2. The highest BCUT2D eigenvalue weighted by Crippen LogP contribution is 2.28. The highest BCUT2D eigenvalue weighted by molar-refractivity contribution is 5.70. The fraction of sp³-hybridized carbons (Fsp3) is 0.333. The Hall–Kier alpha value is -2.64. The zero-order valence-corrected chi connectivity index (χ0v) is 13.7. The molecule has 0 unspecified atom stereocenters. The minimum Gasteiger partial charge on any atom is -0.473 e. The smallest absolute Gasteiger partial charge is 0.232 e. The molecule has 7 heteroatoms. The number of nitrogens with one attached hydrogen (secondary N) is 2. The van der Waals surface area contributed by atoms with Crippen LogP contribution in [0, 0.1) is 0 Å². The third-order valence-corrected chi connectivity index (χ3v) is 4.70. The Morgan fingerprint density at radius 3 is 3.00 bits per heavy atom. The van der Waals surface area contributed by atoms with Crippen molar-refractivity contribution in [3.63, 3.8) is 0 Å². The average molecular weight is 337 g/mol. The number of aromatic nitrogens is 3. The van der Waals surface area contributed by atoms with Gasteiger partial charge in [0.15, 0.2) is 5.65 Å². The molecule has 2 N–H and O–H groups in total. The minimum absolute atomic E-state index is 0.168. The number of anilines is 1. The lowest BCUT2D eigenvalue weighted by molar-refractivity contribution is 0.0232. The molecule has 2 aliphatic rings. The first kappa shape index (κ1) is 14.7. The van der Waals surface area contributed by atoms with Gasteiger partial charge in [0.25, 0.3) is 0 Å². The summed E-state index contributed by atoms with van der Waals surface area (Å²) >= 11 is 0. The van der Waals surface area contributed by atoms with Crippen LogP contribution in [0.25, 0.3) is 16.9 Å². The van der Waals surface area contributed by atoms with Crippen molar-refractivity contribution in [3.05, 3.63) is 42.1 Å². The molecule has 5 rings (SSSR count). The van der Waals surface area contributed by atoms with Gasteiger partial charge in [-0.3, -0.25) is 0 Å². The summed E-state index contributed by atoms with van der Waals surface area (Å²) in [4.78, 5) is 4.47. The van der Waals surface area contributed by atoms with Crippen LogP contribution >= 0.6 is 0 Å². The molecule has 4 heterocycles. The van der Waals surface area contributed by atoms with E-state index < -0.39 is 0 Å². The maximum Gasteiger partial charge on any atom is 0.232 e. The lowest BCUT2D eigenvalue weighted by Gasteiger charge is -2.22. The van der Waals surface area contributed by atoms with E-state index in [1.807, 2.05) is 22.8 Å². The minimum atomic E-state index is 0.168. The lowest BCUT2D eigenvalue weighted by Crippen LogP contribution is -2.26. The van der Waals surface area contributed by atoms with Gasteiger partial charge in [-0.15, -0.1) is 5.10 Å². The van der Waals surface area contributed by atoms with Crippen LogP contribution in [-0.2, 0) is 11.3 Å². The summed E-state index contributed by atoms with van der Waals surface area (Å²) in [6.45, 7) is 2.34. The second kappa shape index (κ2) is 6.02. The van der Waals surface area contributed by atoms with Crippen LogP contribution < -0.4 is 15.6 Å². The van der Waals surface area contributed by atoms with Crippen LogP contribution in [0.5, 0.6) is 5.88 Å². The van der Waals surface area contributed by atoms with E-state index in [4.69, 9.17) is 9.47 Å². The zero-order valence-electron chi connectivity index (χ0n) is 13.7. The van der Waals surface area contributed by atoms with Gasteiger partial charge in [0, 0.05) is 31.0 Å². The first-order valence-corrected chi connectivity index (χ1v) is 8.58. The first-order valence-electron chi connectivity index (χ1n) is 8.58. The van der Waals surface area contributed by atoms with Gasteiger partial charge in [-0.05, 0) is 17.7 Å². The molecule has 2 aliphatic heterocycles. The number of hydrogen-bond donors (Lipinski definition) is 2. The fourth-order valence-corrected chi connectivity index (χ4v) is 3.32. The molecule has 1 fully saturated rings. The van der Waals surface area contributed by atoms with E-state index in [9.17, 15) is 0 Å². The Morgan fingerprint density at radius 1 is 1.16 bits per heavy atom. The molecule has 0 saturated carbocycles. The monoisotopic (exact) mass is 337 g/mol. The topological polar surface area (TPSA) is 72.7 Å². The standard InChI is InChI=1S/C18H19N5O2/c1-2-13-10-20-21-15(13)9-12(1)16-11-19-17-3-4-18(22-23(16)17)25-14-5-7-24-8-6-14/h1-4,9,11,14,20-21H,5-8,10H2. The van der Waals surface area contributed by atoms with Crippen molar-refractivity contribution in [2.45, 2.75) is 25.5 Å². The summed E-state index contributed by atoms with van der Waals surface area (Å²) in [5, 5.41) is 4.65. The van der Waals surface area contributed by atoms with Crippen molar-refractivity contribution in [1.82, 2.24) is 20.0 Å². The molecule has 0 radical (unpaired) electrons. The van der Waals surface area contributed by atoms with E-state index in [0.29, 0.717) is 5.88 Å². The van der Waals surface area contributed by atoms with Gasteiger partial charge in [-0.2, -0.15) is 0 Å². The summed E-state index contributed by atoms with van der Waals surface area (Å²) < 4.78 is 13.3. The Labute approximate surface area is 144 Å². The SMILES string of the molecule is c1cc2c(cc1-c1cnc3ccc(OC4CCOCC4)nn13)NNC2. The van der Waals surface area contributed by atoms with Gasteiger partial charge in [0.05, 0.1) is 30.8 Å². The average Bonchev–Trinajstić information content (AvgIpc) is 3.28. The molecule has 2 aromatic heterocycles. The molecular formula is C18H19N5O2. The predicted octanol–water partition coefficient (Wildman–Crippen LogP) is 2.38. The maximum absolute atomic E-state index is 6.04. The predicted molar refractivity (Wildman–Crippen MR) is 93.4 cm³/mol. The molecule has 0 spiro atoms. The molecular weight excluding hydrogens is 318 g/mol. The number of rotatable bonds is 3. The molecule has 0 bridgehead atoms. The summed E-state index contributed by atoms with van der Waals surface area (Å²) in [6.07, 6.45) is 3.82. The molecule has 3 aromatic rings. The van der Waals surface area contributed by atoms with E-state index in [0.717, 1.165) is 55.2 Å². The Balaban J connectivity index is 1.49. The van der Waals surface area contributed by atoms with Crippen LogP contribution in [0.4, 0.5) is 5.69 Å². The second-order valence-corrected chi connectivity index (χ2v) is 6.37. The van der Waals surface area contributed by atoms with Crippen molar-refractivity contribution >= 4 is 11.3 Å². The van der Waals surface area contributed by atoms with Gasteiger partial charge < -0.3 is 14.9 Å². The third kappa shape index (κ3) is 2.71. The van der Waals surface area contributed by atoms with E-state index in [1.54, 1.807) is 0 Å². The van der Waals surface area contributed by atoms with E-state index >= 15 is 0 Å². The van der Waals surface area contributed by atoms with Crippen molar-refractivity contribution in [2.75, 3.05) is 18.6 Å². The highest BCUT2D eigenvalue weighted by atomic mass is 16.5. The summed E-state index contributed by atoms with van der Waals surface area (Å²) in [6, 6.07) is 10.2. The van der Waals surface area contributed by atoms with Crippen molar-refractivity contribution < 1.29 is 9.47 Å². The molecule has 128 valence electrons. The highest BCUT2D eigenvalue weighted by Gasteiger charge is 2.17. The molecule has 25 heavy (non-hydrogen) atoms. The quantitative estimate of drug-likeness (QED) is 0.764. The number of nitrogens with zero attached hydrogens (tertiary/aromatic N) is 3. The molecule has 1 saturated heterocycles. The number of hydrazine groups is 1. The summed E-state index contributed by atoms with van der Waals surface area (Å²) in [5.41, 5.74) is 11.5. The molecule has 1 aromatic carbocycles. The van der Waals surface area contributed by atoms with Crippen LogP contribution in [-0.4, -0.2) is 33.9 Å². The largest absolute Gasteiger partial charge is 0.473 e. The maximum atomic E-state index is 6.04. The number of hydrogen-bond acceptors (Lipinski definition) is 6. The number of imidazole rings is 1. The summed E-state index contributed by atoms with van der Waals surface area (Å²) in [5.74, 6) is 0.625. The molecule has 0 aliphatic carbocycles. The molecule has 0 amide bonds. The van der Waals surface area contributed by atoms with Gasteiger partial charge in [-0.1, -0.05) is 12.1 Å². The van der Waals surface area contributed by atoms with Crippen molar-refractivity contribution in [2.24, 2.45) is 0 Å². The number of benzene rings is 1. The van der Waals surface area contributed by atoms with Gasteiger partial charge in [0.1, 0.15) is 6.10 Å². The first-order chi connectivity index (χ1) is 12.4. The van der Waals surface area contributed by atoms with Crippen LogP contribution in [0.3, 0.4) is 0 Å². The van der Waals surface area contributed by atoms with Crippen molar-refractivity contribution in [1.29, 1.82) is 0 Å². The lowest BCUT2D eigenvalue weighted by atomic mass is 10.1. The Morgan fingerprint density at radius 2 is 2.08 bits per heavy atom. The van der Waals surface area contributed by atoms with Crippen LogP contribution in [0.1, 0.15) is 18.4 Å². The second-order valence-electron chi connectivity index (χ2n) is 6.37. The van der Waals surface area contributed by atoms with Gasteiger partial charge in [-0.25, -0.2) is 14.9 Å². The molecule has 0 atom stereocenters. The van der Waals surface area contributed by atoms with Crippen LogP contribution in [0.15, 0.2) is 36.5 Å².